The number of carbonyl (C=O) groups excluding carboxylic acids is 1. The predicted molar refractivity (Wildman–Crippen MR) is 115 cm³/mol. The van der Waals surface area contributed by atoms with Crippen LogP contribution in [0.4, 0.5) is 10.5 Å². The number of carbonyl (C=O) groups is 2. The van der Waals surface area contributed by atoms with E-state index >= 15 is 0 Å². The first-order valence-electron chi connectivity index (χ1n) is 10.7. The fraction of sp³-hybridized carbons (Fsp3) is 0.636. The molecule has 1 amide bonds. The number of aldehydes is 1. The molecule has 3 rings (SSSR count). The monoisotopic (exact) mass is 402 g/mol. The number of hydrogen-bond acceptors (Lipinski definition) is 5. The normalized spacial score (nSPS) is 19.5. The molecule has 2 aliphatic rings. The molecule has 29 heavy (non-hydrogen) atoms. The van der Waals surface area contributed by atoms with E-state index in [4.69, 9.17) is 0 Å². The maximum Gasteiger partial charge on any atom is 0.407 e. The summed E-state index contributed by atoms with van der Waals surface area (Å²) in [6.45, 7) is 11.6. The summed E-state index contributed by atoms with van der Waals surface area (Å²) in [4.78, 5) is 31.7. The second-order valence-electron chi connectivity index (χ2n) is 8.38. The SMILES string of the molecule is CC(C)N1CCN(CCN(C(=O)O)C2CCN(c3cccc(C=O)c3)CC2)CC1. The van der Waals surface area contributed by atoms with Gasteiger partial charge in [0.25, 0.3) is 0 Å². The molecule has 2 fully saturated rings. The van der Waals surface area contributed by atoms with E-state index in [2.05, 4.69) is 28.5 Å². The molecule has 0 aliphatic carbocycles. The molecule has 2 heterocycles. The molecule has 0 bridgehead atoms. The fourth-order valence-electron chi connectivity index (χ4n) is 4.42. The lowest BCUT2D eigenvalue weighted by Crippen LogP contribution is -2.53. The van der Waals surface area contributed by atoms with Gasteiger partial charge in [-0.3, -0.25) is 14.6 Å². The maximum absolute atomic E-state index is 11.9. The first-order valence-corrected chi connectivity index (χ1v) is 10.7. The molecule has 0 radical (unpaired) electrons. The van der Waals surface area contributed by atoms with Crippen molar-refractivity contribution in [1.82, 2.24) is 14.7 Å². The van der Waals surface area contributed by atoms with E-state index in [1.165, 1.54) is 0 Å². The highest BCUT2D eigenvalue weighted by atomic mass is 16.4. The molecular weight excluding hydrogens is 368 g/mol. The van der Waals surface area contributed by atoms with Crippen LogP contribution < -0.4 is 4.90 Å². The lowest BCUT2D eigenvalue weighted by Gasteiger charge is -2.40. The van der Waals surface area contributed by atoms with E-state index in [9.17, 15) is 14.7 Å². The second-order valence-corrected chi connectivity index (χ2v) is 8.38. The summed E-state index contributed by atoms with van der Waals surface area (Å²) in [6, 6.07) is 8.25. The number of hydrogen-bond donors (Lipinski definition) is 1. The van der Waals surface area contributed by atoms with Crippen LogP contribution in [0.5, 0.6) is 0 Å². The molecule has 0 spiro atoms. The lowest BCUT2D eigenvalue weighted by atomic mass is 10.0. The topological polar surface area (TPSA) is 67.3 Å². The first kappa shape index (κ1) is 21.6. The van der Waals surface area contributed by atoms with Gasteiger partial charge in [0.15, 0.2) is 0 Å². The Labute approximate surface area is 173 Å². The van der Waals surface area contributed by atoms with Gasteiger partial charge in [0.05, 0.1) is 0 Å². The van der Waals surface area contributed by atoms with E-state index < -0.39 is 6.09 Å². The van der Waals surface area contributed by atoms with E-state index in [-0.39, 0.29) is 6.04 Å². The number of nitrogens with zero attached hydrogens (tertiary/aromatic N) is 4. The van der Waals surface area contributed by atoms with E-state index in [1.54, 1.807) is 11.0 Å². The Balaban J connectivity index is 1.49. The van der Waals surface area contributed by atoms with Crippen molar-refractivity contribution in [3.05, 3.63) is 29.8 Å². The number of anilines is 1. The highest BCUT2D eigenvalue weighted by molar-refractivity contribution is 5.77. The van der Waals surface area contributed by atoms with Crippen LogP contribution in [-0.4, -0.2) is 96.6 Å². The number of piperazine rings is 1. The number of piperidine rings is 1. The molecule has 0 aromatic heterocycles. The number of carboxylic acid groups (broad SMARTS) is 1. The second kappa shape index (κ2) is 10.1. The van der Waals surface area contributed by atoms with Crippen LogP contribution in [-0.2, 0) is 0 Å². The fourth-order valence-corrected chi connectivity index (χ4v) is 4.42. The zero-order chi connectivity index (χ0) is 20.8. The molecule has 7 nitrogen and oxygen atoms in total. The third-order valence-electron chi connectivity index (χ3n) is 6.32. The third kappa shape index (κ3) is 5.70. The number of benzene rings is 1. The van der Waals surface area contributed by atoms with Crippen LogP contribution in [0.2, 0.25) is 0 Å². The molecule has 0 atom stereocenters. The Kier molecular flexibility index (Phi) is 7.50. The van der Waals surface area contributed by atoms with Gasteiger partial charge in [-0.1, -0.05) is 12.1 Å². The summed E-state index contributed by atoms with van der Waals surface area (Å²) in [5.41, 5.74) is 1.72. The molecule has 0 unspecified atom stereocenters. The Morgan fingerprint density at radius 1 is 1.17 bits per heavy atom. The van der Waals surface area contributed by atoms with Crippen molar-refractivity contribution in [3.63, 3.8) is 0 Å². The van der Waals surface area contributed by atoms with Crippen molar-refractivity contribution in [2.75, 3.05) is 57.3 Å². The Morgan fingerprint density at radius 3 is 2.45 bits per heavy atom. The summed E-state index contributed by atoms with van der Waals surface area (Å²) >= 11 is 0. The molecule has 7 heteroatoms. The van der Waals surface area contributed by atoms with Gasteiger partial charge in [-0.25, -0.2) is 4.79 Å². The van der Waals surface area contributed by atoms with E-state index in [0.717, 1.165) is 70.6 Å². The van der Waals surface area contributed by atoms with Crippen LogP contribution >= 0.6 is 0 Å². The predicted octanol–water partition coefficient (Wildman–Crippen LogP) is 2.47. The standard InChI is InChI=1S/C22H34N4O3/c1-18(2)24-13-10-23(11-14-24)12-15-26(22(28)29)20-6-8-25(9-7-20)21-5-3-4-19(16-21)17-27/h3-5,16-18,20H,6-15H2,1-2H3,(H,28,29). The van der Waals surface area contributed by atoms with Crippen LogP contribution in [0, 0.1) is 0 Å². The molecule has 1 aromatic rings. The van der Waals surface area contributed by atoms with Gasteiger partial charge in [0.1, 0.15) is 6.29 Å². The zero-order valence-corrected chi connectivity index (χ0v) is 17.7. The Hall–Kier alpha value is -2.12. The molecule has 1 N–H and O–H groups in total. The van der Waals surface area contributed by atoms with Gasteiger partial charge >= 0.3 is 6.09 Å². The minimum absolute atomic E-state index is 0.0648. The number of rotatable bonds is 7. The summed E-state index contributed by atoms with van der Waals surface area (Å²) < 4.78 is 0. The maximum atomic E-state index is 11.9. The van der Waals surface area contributed by atoms with Gasteiger partial charge in [0.2, 0.25) is 0 Å². The molecule has 0 saturated carbocycles. The summed E-state index contributed by atoms with van der Waals surface area (Å²) in [7, 11) is 0. The highest BCUT2D eigenvalue weighted by Gasteiger charge is 2.29. The van der Waals surface area contributed by atoms with Crippen molar-refractivity contribution in [3.8, 4) is 0 Å². The van der Waals surface area contributed by atoms with Crippen molar-refractivity contribution in [2.45, 2.75) is 38.8 Å². The Morgan fingerprint density at radius 2 is 1.86 bits per heavy atom. The van der Waals surface area contributed by atoms with E-state index in [0.29, 0.717) is 18.2 Å². The highest BCUT2D eigenvalue weighted by Crippen LogP contribution is 2.23. The minimum atomic E-state index is -0.813. The minimum Gasteiger partial charge on any atom is -0.465 e. The first-order chi connectivity index (χ1) is 14.0. The third-order valence-corrected chi connectivity index (χ3v) is 6.32. The molecule has 1 aromatic carbocycles. The smallest absolute Gasteiger partial charge is 0.407 e. The van der Waals surface area contributed by atoms with Crippen LogP contribution in [0.15, 0.2) is 24.3 Å². The van der Waals surface area contributed by atoms with Crippen molar-refractivity contribution in [2.24, 2.45) is 0 Å². The van der Waals surface area contributed by atoms with Gasteiger partial charge in [-0.15, -0.1) is 0 Å². The van der Waals surface area contributed by atoms with Crippen molar-refractivity contribution < 1.29 is 14.7 Å². The number of amides is 1. The molecule has 2 saturated heterocycles. The molecule has 2 aliphatic heterocycles. The van der Waals surface area contributed by atoms with Crippen LogP contribution in [0.3, 0.4) is 0 Å². The summed E-state index contributed by atoms with van der Waals surface area (Å²) in [6.07, 6.45) is 1.69. The van der Waals surface area contributed by atoms with Crippen molar-refractivity contribution in [1.29, 1.82) is 0 Å². The summed E-state index contributed by atoms with van der Waals surface area (Å²) in [5.74, 6) is 0. The quantitative estimate of drug-likeness (QED) is 0.707. The average molecular weight is 403 g/mol. The average Bonchev–Trinajstić information content (AvgIpc) is 2.74. The van der Waals surface area contributed by atoms with Gasteiger partial charge in [-0.05, 0) is 38.8 Å². The molecule has 160 valence electrons. The Bertz CT molecular complexity index is 680. The van der Waals surface area contributed by atoms with Crippen molar-refractivity contribution >= 4 is 18.1 Å². The van der Waals surface area contributed by atoms with Gasteiger partial charge in [-0.2, -0.15) is 0 Å². The van der Waals surface area contributed by atoms with E-state index in [1.807, 2.05) is 18.2 Å². The van der Waals surface area contributed by atoms with Gasteiger partial charge in [0, 0.05) is 75.7 Å². The van der Waals surface area contributed by atoms with Crippen LogP contribution in [0.25, 0.3) is 0 Å². The largest absolute Gasteiger partial charge is 0.465 e. The lowest BCUT2D eigenvalue weighted by molar-refractivity contribution is 0.0816. The zero-order valence-electron chi connectivity index (χ0n) is 17.7. The summed E-state index contributed by atoms with van der Waals surface area (Å²) in [5, 5.41) is 9.77. The van der Waals surface area contributed by atoms with Gasteiger partial charge < -0.3 is 14.9 Å². The molecular formula is C22H34N4O3. The van der Waals surface area contributed by atoms with Crippen LogP contribution in [0.1, 0.15) is 37.0 Å².